The molecule has 0 aliphatic carbocycles. The monoisotopic (exact) mass is 393 g/mol. The molecule has 1 unspecified atom stereocenters. The van der Waals surface area contributed by atoms with E-state index in [-0.39, 0.29) is 30.2 Å². The zero-order valence-corrected chi connectivity index (χ0v) is 16.3. The van der Waals surface area contributed by atoms with Gasteiger partial charge in [-0.15, -0.1) is 11.3 Å². The van der Waals surface area contributed by atoms with Crippen LogP contribution in [0.25, 0.3) is 0 Å². The minimum absolute atomic E-state index is 0.0197. The van der Waals surface area contributed by atoms with Crippen molar-refractivity contribution in [2.75, 3.05) is 31.1 Å². The summed E-state index contributed by atoms with van der Waals surface area (Å²) >= 11 is 1.41. The summed E-state index contributed by atoms with van der Waals surface area (Å²) in [5, 5.41) is 5.42. The zero-order chi connectivity index (χ0) is 19.2. The second-order valence-electron chi connectivity index (χ2n) is 7.03. The molecule has 0 bridgehead atoms. The highest BCUT2D eigenvalue weighted by Gasteiger charge is 2.28. The number of thiazole rings is 1. The molecular weight excluding hydrogens is 366 g/mol. The van der Waals surface area contributed by atoms with Crippen LogP contribution >= 0.6 is 11.3 Å². The molecule has 3 amide bonds. The summed E-state index contributed by atoms with van der Waals surface area (Å²) in [5.74, 6) is 0.0545. The first kappa shape index (κ1) is 19.8. The summed E-state index contributed by atoms with van der Waals surface area (Å²) in [6, 6.07) is 0.0197. The molecule has 0 radical (unpaired) electrons. The van der Waals surface area contributed by atoms with E-state index in [9.17, 15) is 14.4 Å². The first-order valence-electron chi connectivity index (χ1n) is 9.59. The number of nitrogens with zero attached hydrogens (tertiary/aromatic N) is 3. The number of anilines is 1. The maximum atomic E-state index is 12.8. The first-order chi connectivity index (χ1) is 13.1. The molecule has 3 heterocycles. The van der Waals surface area contributed by atoms with Gasteiger partial charge in [-0.05, 0) is 25.7 Å². The van der Waals surface area contributed by atoms with Gasteiger partial charge in [-0.25, -0.2) is 4.98 Å². The third kappa shape index (κ3) is 5.04. The van der Waals surface area contributed by atoms with Crippen LogP contribution in [-0.4, -0.2) is 59.8 Å². The van der Waals surface area contributed by atoms with E-state index in [0.29, 0.717) is 49.8 Å². The molecule has 27 heavy (non-hydrogen) atoms. The Morgan fingerprint density at radius 2 is 2.15 bits per heavy atom. The number of hydrogen-bond acceptors (Lipinski definition) is 6. The van der Waals surface area contributed by atoms with Gasteiger partial charge in [0.15, 0.2) is 5.13 Å². The average molecular weight is 394 g/mol. The summed E-state index contributed by atoms with van der Waals surface area (Å²) in [4.78, 5) is 44.4. The predicted octanol–water partition coefficient (Wildman–Crippen LogP) is 0.659. The molecule has 8 nitrogen and oxygen atoms in total. The minimum Gasteiger partial charge on any atom is -0.354 e. The van der Waals surface area contributed by atoms with E-state index in [4.69, 9.17) is 5.73 Å². The van der Waals surface area contributed by atoms with Gasteiger partial charge in [0.1, 0.15) is 0 Å². The number of piperidine rings is 1. The number of likely N-dealkylation sites (tertiary alicyclic amines) is 1. The van der Waals surface area contributed by atoms with Crippen molar-refractivity contribution in [2.45, 2.75) is 51.0 Å². The average Bonchev–Trinajstić information content (AvgIpc) is 3.29. The smallest absolute Gasteiger partial charge is 0.228 e. The predicted molar refractivity (Wildman–Crippen MR) is 103 cm³/mol. The Balaban J connectivity index is 1.57. The van der Waals surface area contributed by atoms with Crippen molar-refractivity contribution in [3.05, 3.63) is 11.1 Å². The van der Waals surface area contributed by atoms with E-state index in [2.05, 4.69) is 10.3 Å². The molecule has 2 fully saturated rings. The minimum atomic E-state index is -0.0742. The SMILES string of the molecule is NCCC(=O)NCC1CCCCN1C(=O)Cc1csc(N2CCCC2=O)n1. The van der Waals surface area contributed by atoms with E-state index < -0.39 is 0 Å². The van der Waals surface area contributed by atoms with Gasteiger partial charge in [0, 0.05) is 50.4 Å². The lowest BCUT2D eigenvalue weighted by Crippen LogP contribution is -2.50. The van der Waals surface area contributed by atoms with Crippen LogP contribution in [-0.2, 0) is 20.8 Å². The lowest BCUT2D eigenvalue weighted by atomic mass is 10.0. The lowest BCUT2D eigenvalue weighted by molar-refractivity contribution is -0.134. The Kier molecular flexibility index (Phi) is 6.78. The largest absolute Gasteiger partial charge is 0.354 e. The van der Waals surface area contributed by atoms with Crippen LogP contribution in [0.3, 0.4) is 0 Å². The van der Waals surface area contributed by atoms with Gasteiger partial charge in [0.2, 0.25) is 17.7 Å². The normalized spacial score (nSPS) is 20.2. The highest BCUT2D eigenvalue weighted by atomic mass is 32.1. The topological polar surface area (TPSA) is 109 Å². The van der Waals surface area contributed by atoms with Gasteiger partial charge in [-0.3, -0.25) is 19.3 Å². The summed E-state index contributed by atoms with van der Waals surface area (Å²) in [6.45, 7) is 2.20. The second kappa shape index (κ2) is 9.27. The quantitative estimate of drug-likeness (QED) is 0.707. The van der Waals surface area contributed by atoms with Gasteiger partial charge in [0.05, 0.1) is 12.1 Å². The van der Waals surface area contributed by atoms with Crippen molar-refractivity contribution in [1.29, 1.82) is 0 Å². The van der Waals surface area contributed by atoms with Crippen LogP contribution in [0.1, 0.15) is 44.2 Å². The van der Waals surface area contributed by atoms with Crippen molar-refractivity contribution in [3.63, 3.8) is 0 Å². The van der Waals surface area contributed by atoms with Crippen LogP contribution < -0.4 is 16.0 Å². The summed E-state index contributed by atoms with van der Waals surface area (Å²) in [7, 11) is 0. The van der Waals surface area contributed by atoms with Gasteiger partial charge >= 0.3 is 0 Å². The fraction of sp³-hybridized carbons (Fsp3) is 0.667. The molecule has 0 spiro atoms. The van der Waals surface area contributed by atoms with Crippen LogP contribution in [0, 0.1) is 0 Å². The summed E-state index contributed by atoms with van der Waals surface area (Å²) < 4.78 is 0. The third-order valence-electron chi connectivity index (χ3n) is 5.03. The number of nitrogens with two attached hydrogens (primary N) is 1. The van der Waals surface area contributed by atoms with Gasteiger partial charge < -0.3 is 16.0 Å². The molecule has 3 N–H and O–H groups in total. The highest BCUT2D eigenvalue weighted by Crippen LogP contribution is 2.26. The number of aromatic nitrogens is 1. The molecule has 2 aliphatic rings. The van der Waals surface area contributed by atoms with Crippen LogP contribution in [0.15, 0.2) is 5.38 Å². The van der Waals surface area contributed by atoms with Gasteiger partial charge in [-0.1, -0.05) is 0 Å². The summed E-state index contributed by atoms with van der Waals surface area (Å²) in [6.07, 6.45) is 4.88. The van der Waals surface area contributed by atoms with E-state index in [1.54, 1.807) is 4.90 Å². The fourth-order valence-corrected chi connectivity index (χ4v) is 4.47. The number of amides is 3. The van der Waals surface area contributed by atoms with Crippen molar-refractivity contribution in [2.24, 2.45) is 5.73 Å². The third-order valence-corrected chi connectivity index (χ3v) is 5.94. The lowest BCUT2D eigenvalue weighted by Gasteiger charge is -2.36. The Labute approximate surface area is 163 Å². The van der Waals surface area contributed by atoms with Gasteiger partial charge in [-0.2, -0.15) is 0 Å². The number of nitrogens with one attached hydrogen (secondary N) is 1. The van der Waals surface area contributed by atoms with Crippen LogP contribution in [0.2, 0.25) is 0 Å². The van der Waals surface area contributed by atoms with E-state index in [1.807, 2.05) is 10.3 Å². The highest BCUT2D eigenvalue weighted by molar-refractivity contribution is 7.14. The van der Waals surface area contributed by atoms with Gasteiger partial charge in [0.25, 0.3) is 0 Å². The summed E-state index contributed by atoms with van der Waals surface area (Å²) in [5.41, 5.74) is 6.10. The van der Waals surface area contributed by atoms with E-state index >= 15 is 0 Å². The van der Waals surface area contributed by atoms with Crippen molar-refractivity contribution in [3.8, 4) is 0 Å². The maximum absolute atomic E-state index is 12.8. The van der Waals surface area contributed by atoms with Crippen molar-refractivity contribution in [1.82, 2.24) is 15.2 Å². The molecule has 9 heteroatoms. The van der Waals surface area contributed by atoms with Crippen LogP contribution in [0.5, 0.6) is 0 Å². The fourth-order valence-electron chi connectivity index (χ4n) is 3.60. The Morgan fingerprint density at radius 1 is 1.30 bits per heavy atom. The molecule has 0 saturated carbocycles. The molecule has 148 valence electrons. The standard InChI is InChI=1S/C18H27N5O3S/c19-7-6-15(24)20-11-14-4-1-2-8-22(14)17(26)10-13-12-27-18(21-13)23-9-3-5-16(23)25/h12,14H,1-11,19H2,(H,20,24). The molecule has 1 aromatic rings. The molecule has 0 aromatic carbocycles. The molecule has 2 aliphatic heterocycles. The van der Waals surface area contributed by atoms with E-state index in [0.717, 1.165) is 25.7 Å². The molecule has 2 saturated heterocycles. The Hall–Kier alpha value is -2.00. The zero-order valence-electron chi connectivity index (χ0n) is 15.5. The maximum Gasteiger partial charge on any atom is 0.228 e. The molecule has 3 rings (SSSR count). The van der Waals surface area contributed by atoms with Crippen molar-refractivity contribution < 1.29 is 14.4 Å². The molecule has 1 aromatic heterocycles. The van der Waals surface area contributed by atoms with Crippen molar-refractivity contribution >= 4 is 34.2 Å². The number of carbonyl (C=O) groups is 3. The number of rotatable bonds is 7. The number of carbonyl (C=O) groups excluding carboxylic acids is 3. The van der Waals surface area contributed by atoms with E-state index in [1.165, 1.54) is 11.3 Å². The molecular formula is C18H27N5O3S. The Bertz CT molecular complexity index is 692. The first-order valence-corrected chi connectivity index (χ1v) is 10.5. The van der Waals surface area contributed by atoms with Crippen LogP contribution in [0.4, 0.5) is 5.13 Å². The second-order valence-corrected chi connectivity index (χ2v) is 7.86. The number of hydrogen-bond donors (Lipinski definition) is 2. The molecule has 1 atom stereocenters. The Morgan fingerprint density at radius 3 is 2.89 bits per heavy atom.